The lowest BCUT2D eigenvalue weighted by Gasteiger charge is -2.12. The number of nitrogens with zero attached hydrogens (tertiary/aromatic N) is 2. The molecule has 1 aliphatic rings. The van der Waals surface area contributed by atoms with Crippen LogP contribution in [-0.4, -0.2) is 17.6 Å². The maximum Gasteiger partial charge on any atom is 0.266 e. The van der Waals surface area contributed by atoms with E-state index in [1.165, 1.54) is 0 Å². The molecular formula is C9H10N4O. The van der Waals surface area contributed by atoms with Gasteiger partial charge in [-0.1, -0.05) is 0 Å². The number of anilines is 1. The van der Waals surface area contributed by atoms with Gasteiger partial charge in [0.25, 0.3) is 5.91 Å². The summed E-state index contributed by atoms with van der Waals surface area (Å²) < 4.78 is 0. The average molecular weight is 190 g/mol. The molecule has 2 heterocycles. The third-order valence-corrected chi connectivity index (χ3v) is 1.97. The summed E-state index contributed by atoms with van der Waals surface area (Å²) in [6.45, 7) is 0.546. The van der Waals surface area contributed by atoms with Gasteiger partial charge >= 0.3 is 0 Å². The maximum absolute atomic E-state index is 10.8. The number of nitrogens with two attached hydrogens (primary N) is 1. The Hall–Kier alpha value is -2.04. The SMILES string of the molecule is NC(=O)C1=CN(c2cccnc2)CN1. The van der Waals surface area contributed by atoms with Crippen molar-refractivity contribution in [1.82, 2.24) is 10.3 Å². The zero-order valence-corrected chi connectivity index (χ0v) is 7.47. The Morgan fingerprint density at radius 3 is 3.07 bits per heavy atom. The van der Waals surface area contributed by atoms with Crippen molar-refractivity contribution in [1.29, 1.82) is 0 Å². The Labute approximate surface area is 81.2 Å². The zero-order valence-electron chi connectivity index (χ0n) is 7.47. The van der Waals surface area contributed by atoms with E-state index in [2.05, 4.69) is 10.3 Å². The van der Waals surface area contributed by atoms with Gasteiger partial charge in [0.1, 0.15) is 5.70 Å². The number of pyridine rings is 1. The summed E-state index contributed by atoms with van der Waals surface area (Å²) in [5.41, 5.74) is 6.48. The van der Waals surface area contributed by atoms with Crippen LogP contribution in [0.3, 0.4) is 0 Å². The van der Waals surface area contributed by atoms with Crippen LogP contribution < -0.4 is 16.0 Å². The highest BCUT2D eigenvalue weighted by Crippen LogP contribution is 2.15. The highest BCUT2D eigenvalue weighted by Gasteiger charge is 2.16. The number of primary amides is 1. The molecule has 0 aliphatic carbocycles. The average Bonchev–Trinajstić information content (AvgIpc) is 2.68. The molecule has 1 amide bonds. The number of nitrogens with one attached hydrogen (secondary N) is 1. The van der Waals surface area contributed by atoms with Crippen molar-refractivity contribution in [2.75, 3.05) is 11.6 Å². The minimum absolute atomic E-state index is 0.425. The molecule has 1 aliphatic heterocycles. The molecule has 3 N–H and O–H groups in total. The summed E-state index contributed by atoms with van der Waals surface area (Å²) >= 11 is 0. The Balaban J connectivity index is 2.20. The molecular weight excluding hydrogens is 180 g/mol. The lowest BCUT2D eigenvalue weighted by atomic mass is 10.4. The monoisotopic (exact) mass is 190 g/mol. The lowest BCUT2D eigenvalue weighted by Crippen LogP contribution is -2.25. The van der Waals surface area contributed by atoms with Crippen LogP contribution in [0, 0.1) is 0 Å². The fourth-order valence-electron chi connectivity index (χ4n) is 1.26. The van der Waals surface area contributed by atoms with Gasteiger partial charge < -0.3 is 16.0 Å². The first-order chi connectivity index (χ1) is 6.77. The second-order valence-corrected chi connectivity index (χ2v) is 2.92. The molecule has 5 nitrogen and oxygen atoms in total. The predicted octanol–water partition coefficient (Wildman–Crippen LogP) is -0.225. The topological polar surface area (TPSA) is 71.2 Å². The molecule has 0 bridgehead atoms. The van der Waals surface area contributed by atoms with E-state index in [9.17, 15) is 4.79 Å². The van der Waals surface area contributed by atoms with Crippen LogP contribution >= 0.6 is 0 Å². The van der Waals surface area contributed by atoms with Crippen LogP contribution in [0.1, 0.15) is 0 Å². The molecule has 0 spiro atoms. The molecule has 72 valence electrons. The van der Waals surface area contributed by atoms with E-state index in [4.69, 9.17) is 5.73 Å². The van der Waals surface area contributed by atoms with Gasteiger partial charge in [-0.15, -0.1) is 0 Å². The Kier molecular flexibility index (Phi) is 2.06. The summed E-state index contributed by atoms with van der Waals surface area (Å²) in [6.07, 6.45) is 5.10. The third-order valence-electron chi connectivity index (χ3n) is 1.97. The van der Waals surface area contributed by atoms with Crippen LogP contribution in [0.25, 0.3) is 0 Å². The van der Waals surface area contributed by atoms with Crippen molar-refractivity contribution in [3.63, 3.8) is 0 Å². The molecule has 0 saturated carbocycles. The number of carbonyl (C=O) groups is 1. The van der Waals surface area contributed by atoms with Gasteiger partial charge in [-0.25, -0.2) is 0 Å². The fraction of sp³-hybridized carbons (Fsp3) is 0.111. The van der Waals surface area contributed by atoms with Crippen LogP contribution in [-0.2, 0) is 4.79 Å². The summed E-state index contributed by atoms with van der Waals surface area (Å²) in [4.78, 5) is 16.7. The predicted molar refractivity (Wildman–Crippen MR) is 52.0 cm³/mol. The summed E-state index contributed by atoms with van der Waals surface area (Å²) in [5, 5.41) is 2.89. The lowest BCUT2D eigenvalue weighted by molar-refractivity contribution is -0.114. The Bertz CT molecular complexity index is 374. The van der Waals surface area contributed by atoms with E-state index in [1.54, 1.807) is 18.6 Å². The van der Waals surface area contributed by atoms with Crippen molar-refractivity contribution in [2.45, 2.75) is 0 Å². The number of carbonyl (C=O) groups excluding carboxylic acids is 1. The maximum atomic E-state index is 10.8. The van der Waals surface area contributed by atoms with Crippen molar-refractivity contribution in [3.05, 3.63) is 36.4 Å². The van der Waals surface area contributed by atoms with Gasteiger partial charge in [-0.05, 0) is 12.1 Å². The standard InChI is InChI=1S/C9H10N4O/c10-9(14)8-5-13(6-12-8)7-2-1-3-11-4-7/h1-5,12H,6H2,(H2,10,14). The minimum Gasteiger partial charge on any atom is -0.364 e. The van der Waals surface area contributed by atoms with Crippen LogP contribution in [0.4, 0.5) is 5.69 Å². The molecule has 1 aromatic rings. The molecule has 14 heavy (non-hydrogen) atoms. The Morgan fingerprint density at radius 2 is 2.50 bits per heavy atom. The van der Waals surface area contributed by atoms with Gasteiger partial charge in [0.15, 0.2) is 0 Å². The molecule has 0 atom stereocenters. The van der Waals surface area contributed by atoms with E-state index < -0.39 is 5.91 Å². The molecule has 0 radical (unpaired) electrons. The van der Waals surface area contributed by atoms with Crippen molar-refractivity contribution < 1.29 is 4.79 Å². The molecule has 0 aromatic carbocycles. The third kappa shape index (κ3) is 1.52. The van der Waals surface area contributed by atoms with Gasteiger partial charge in [0.05, 0.1) is 18.6 Å². The van der Waals surface area contributed by atoms with Gasteiger partial charge in [0, 0.05) is 12.4 Å². The van der Waals surface area contributed by atoms with Gasteiger partial charge in [0.2, 0.25) is 0 Å². The smallest absolute Gasteiger partial charge is 0.266 e. The van der Waals surface area contributed by atoms with E-state index in [0.29, 0.717) is 12.4 Å². The number of hydrogen-bond acceptors (Lipinski definition) is 4. The highest BCUT2D eigenvalue weighted by molar-refractivity contribution is 5.92. The number of aromatic nitrogens is 1. The normalized spacial score (nSPS) is 14.9. The molecule has 2 rings (SSSR count). The Morgan fingerprint density at radius 1 is 1.64 bits per heavy atom. The molecule has 5 heteroatoms. The van der Waals surface area contributed by atoms with E-state index >= 15 is 0 Å². The molecule has 0 unspecified atom stereocenters. The van der Waals surface area contributed by atoms with E-state index in [1.807, 2.05) is 17.0 Å². The first-order valence-corrected chi connectivity index (χ1v) is 4.19. The first-order valence-electron chi connectivity index (χ1n) is 4.19. The number of hydrogen-bond donors (Lipinski definition) is 2. The number of amides is 1. The highest BCUT2D eigenvalue weighted by atomic mass is 16.1. The number of rotatable bonds is 2. The summed E-state index contributed by atoms with van der Waals surface area (Å²) in [6, 6.07) is 3.75. The van der Waals surface area contributed by atoms with Crippen LogP contribution in [0.2, 0.25) is 0 Å². The zero-order chi connectivity index (χ0) is 9.97. The van der Waals surface area contributed by atoms with Crippen LogP contribution in [0.15, 0.2) is 36.4 Å². The van der Waals surface area contributed by atoms with Crippen molar-refractivity contribution in [3.8, 4) is 0 Å². The largest absolute Gasteiger partial charge is 0.364 e. The molecule has 0 saturated heterocycles. The fourth-order valence-corrected chi connectivity index (χ4v) is 1.26. The molecule has 0 fully saturated rings. The quantitative estimate of drug-likeness (QED) is 0.676. The summed E-state index contributed by atoms with van der Waals surface area (Å²) in [5.74, 6) is -0.448. The van der Waals surface area contributed by atoms with Gasteiger partial charge in [-0.3, -0.25) is 9.78 Å². The molecule has 1 aromatic heterocycles. The second kappa shape index (κ2) is 3.37. The van der Waals surface area contributed by atoms with Crippen LogP contribution in [0.5, 0.6) is 0 Å². The van der Waals surface area contributed by atoms with E-state index in [0.717, 1.165) is 5.69 Å². The van der Waals surface area contributed by atoms with Gasteiger partial charge in [-0.2, -0.15) is 0 Å². The minimum atomic E-state index is -0.448. The van der Waals surface area contributed by atoms with Crippen molar-refractivity contribution >= 4 is 11.6 Å². The van der Waals surface area contributed by atoms with E-state index in [-0.39, 0.29) is 0 Å². The summed E-state index contributed by atoms with van der Waals surface area (Å²) in [7, 11) is 0. The second-order valence-electron chi connectivity index (χ2n) is 2.92. The first kappa shape index (κ1) is 8.55. The van der Waals surface area contributed by atoms with Crippen molar-refractivity contribution in [2.24, 2.45) is 5.73 Å².